The number of hydrogen-bond acceptors (Lipinski definition) is 4. The Kier molecular flexibility index (Phi) is 7.63. The Morgan fingerprint density at radius 1 is 1.21 bits per heavy atom. The first-order chi connectivity index (χ1) is 13.5. The van der Waals surface area contributed by atoms with Gasteiger partial charge in [0.25, 0.3) is 0 Å². The maximum atomic E-state index is 13.4. The quantitative estimate of drug-likeness (QED) is 0.670. The van der Waals surface area contributed by atoms with Crippen LogP contribution in [-0.2, 0) is 6.42 Å². The molecule has 154 valence electrons. The molecule has 0 unspecified atom stereocenters. The average molecular weight is 388 g/mol. The molecule has 0 saturated carbocycles. The third-order valence-corrected chi connectivity index (χ3v) is 6.06. The highest BCUT2D eigenvalue weighted by Crippen LogP contribution is 2.22. The number of likely N-dealkylation sites (tertiary alicyclic amines) is 1. The van der Waals surface area contributed by atoms with E-state index in [-0.39, 0.29) is 11.9 Å². The Labute approximate surface area is 168 Å². The molecule has 5 heteroatoms. The van der Waals surface area contributed by atoms with Crippen LogP contribution < -0.4 is 5.32 Å². The van der Waals surface area contributed by atoms with E-state index >= 15 is 0 Å². The molecule has 0 aliphatic carbocycles. The van der Waals surface area contributed by atoms with E-state index < -0.39 is 0 Å². The topological polar surface area (TPSA) is 41.3 Å². The Bertz CT molecular complexity index is 700. The minimum atomic E-state index is -0.180. The minimum Gasteiger partial charge on any atom is -0.361 e. The lowest BCUT2D eigenvalue weighted by Gasteiger charge is -2.30. The van der Waals surface area contributed by atoms with Crippen molar-refractivity contribution in [3.05, 3.63) is 52.7 Å². The second-order valence-corrected chi connectivity index (χ2v) is 8.28. The fourth-order valence-corrected chi connectivity index (χ4v) is 4.12. The van der Waals surface area contributed by atoms with Gasteiger partial charge in [-0.3, -0.25) is 0 Å². The van der Waals surface area contributed by atoms with Crippen LogP contribution in [-0.4, -0.2) is 36.2 Å². The largest absolute Gasteiger partial charge is 0.361 e. The standard InChI is InChI=1S/C23H34FN3O/c1-17-11-15-27(16-12-17)14-4-5-23(20-6-8-21(24)9-7-20)25-13-10-22-18(2)26-28-19(22)3/h6-9,17,23,25H,4-5,10-16H2,1-3H3/t23-/m1/s1. The Morgan fingerprint density at radius 3 is 2.57 bits per heavy atom. The van der Waals surface area contributed by atoms with Crippen LogP contribution in [0.25, 0.3) is 0 Å². The monoisotopic (exact) mass is 387 g/mol. The summed E-state index contributed by atoms with van der Waals surface area (Å²) in [5.74, 6) is 1.59. The average Bonchev–Trinajstić information content (AvgIpc) is 3.01. The van der Waals surface area contributed by atoms with E-state index in [1.54, 1.807) is 12.1 Å². The van der Waals surface area contributed by atoms with Crippen LogP contribution in [0.3, 0.4) is 0 Å². The van der Waals surface area contributed by atoms with Gasteiger partial charge in [-0.25, -0.2) is 4.39 Å². The zero-order valence-corrected chi connectivity index (χ0v) is 17.5. The number of halogens is 1. The fraction of sp³-hybridized carbons (Fsp3) is 0.609. The van der Waals surface area contributed by atoms with Crippen LogP contribution >= 0.6 is 0 Å². The molecular weight excluding hydrogens is 353 g/mol. The molecule has 1 aromatic carbocycles. The van der Waals surface area contributed by atoms with Crippen molar-refractivity contribution >= 4 is 0 Å². The number of rotatable bonds is 9. The summed E-state index contributed by atoms with van der Waals surface area (Å²) in [6, 6.07) is 7.18. The molecule has 0 bridgehead atoms. The Balaban J connectivity index is 1.53. The van der Waals surface area contributed by atoms with Gasteiger partial charge in [0, 0.05) is 11.6 Å². The van der Waals surface area contributed by atoms with Crippen molar-refractivity contribution in [2.45, 2.75) is 58.9 Å². The van der Waals surface area contributed by atoms with Crippen LogP contribution in [0.2, 0.25) is 0 Å². The molecular formula is C23H34FN3O. The summed E-state index contributed by atoms with van der Waals surface area (Å²) >= 11 is 0. The second-order valence-electron chi connectivity index (χ2n) is 8.28. The molecule has 1 saturated heterocycles. The lowest BCUT2D eigenvalue weighted by atomic mass is 9.98. The third-order valence-electron chi connectivity index (χ3n) is 6.06. The number of aryl methyl sites for hydroxylation is 2. The molecule has 2 heterocycles. The summed E-state index contributed by atoms with van der Waals surface area (Å²) in [6.07, 6.45) is 5.73. The minimum absolute atomic E-state index is 0.180. The first kappa shape index (κ1) is 21.0. The molecule has 1 fully saturated rings. The van der Waals surface area contributed by atoms with Gasteiger partial charge < -0.3 is 14.7 Å². The van der Waals surface area contributed by atoms with Crippen LogP contribution in [0.4, 0.5) is 4.39 Å². The van der Waals surface area contributed by atoms with E-state index in [0.29, 0.717) is 0 Å². The number of nitrogens with one attached hydrogen (secondary N) is 1. The molecule has 0 spiro atoms. The van der Waals surface area contributed by atoms with Gasteiger partial charge in [0.1, 0.15) is 11.6 Å². The van der Waals surface area contributed by atoms with Gasteiger partial charge in [-0.2, -0.15) is 0 Å². The van der Waals surface area contributed by atoms with Gasteiger partial charge in [0.2, 0.25) is 0 Å². The van der Waals surface area contributed by atoms with E-state index in [9.17, 15) is 4.39 Å². The van der Waals surface area contributed by atoms with Gasteiger partial charge in [-0.05, 0) is 95.7 Å². The highest BCUT2D eigenvalue weighted by molar-refractivity contribution is 5.22. The lowest BCUT2D eigenvalue weighted by molar-refractivity contribution is 0.187. The number of benzene rings is 1. The highest BCUT2D eigenvalue weighted by Gasteiger charge is 2.17. The van der Waals surface area contributed by atoms with Crippen LogP contribution in [0.1, 0.15) is 61.2 Å². The Hall–Kier alpha value is -1.72. The first-order valence-electron chi connectivity index (χ1n) is 10.7. The summed E-state index contributed by atoms with van der Waals surface area (Å²) in [5.41, 5.74) is 3.32. The molecule has 1 aliphatic heterocycles. The first-order valence-corrected chi connectivity index (χ1v) is 10.7. The smallest absolute Gasteiger partial charge is 0.137 e. The van der Waals surface area contributed by atoms with Crippen molar-refractivity contribution in [1.82, 2.24) is 15.4 Å². The van der Waals surface area contributed by atoms with Crippen molar-refractivity contribution in [3.8, 4) is 0 Å². The van der Waals surface area contributed by atoms with Gasteiger partial charge in [0.15, 0.2) is 0 Å². The summed E-state index contributed by atoms with van der Waals surface area (Å²) in [5, 5.41) is 7.72. The molecule has 0 amide bonds. The van der Waals surface area contributed by atoms with Gasteiger partial charge >= 0.3 is 0 Å². The van der Waals surface area contributed by atoms with E-state index in [0.717, 1.165) is 55.3 Å². The molecule has 1 aromatic heterocycles. The maximum Gasteiger partial charge on any atom is 0.137 e. The highest BCUT2D eigenvalue weighted by atomic mass is 19.1. The molecule has 28 heavy (non-hydrogen) atoms. The number of aromatic nitrogens is 1. The summed E-state index contributed by atoms with van der Waals surface area (Å²) < 4.78 is 18.6. The lowest BCUT2D eigenvalue weighted by Crippen LogP contribution is -2.34. The SMILES string of the molecule is Cc1noc(C)c1CCN[C@H](CCCN1CCC(C)CC1)c1ccc(F)cc1. The molecule has 2 aromatic rings. The van der Waals surface area contributed by atoms with Crippen molar-refractivity contribution in [3.63, 3.8) is 0 Å². The molecule has 1 aliphatic rings. The summed E-state index contributed by atoms with van der Waals surface area (Å²) in [4.78, 5) is 2.59. The van der Waals surface area contributed by atoms with Crippen molar-refractivity contribution in [2.75, 3.05) is 26.2 Å². The van der Waals surface area contributed by atoms with Crippen molar-refractivity contribution < 1.29 is 8.91 Å². The zero-order valence-electron chi connectivity index (χ0n) is 17.5. The molecule has 1 atom stereocenters. The number of nitrogens with zero attached hydrogens (tertiary/aromatic N) is 2. The van der Waals surface area contributed by atoms with Crippen molar-refractivity contribution in [2.24, 2.45) is 5.92 Å². The third kappa shape index (κ3) is 5.89. The van der Waals surface area contributed by atoms with E-state index in [4.69, 9.17) is 4.52 Å². The van der Waals surface area contributed by atoms with Crippen LogP contribution in [0.15, 0.2) is 28.8 Å². The second kappa shape index (κ2) is 10.2. The van der Waals surface area contributed by atoms with Gasteiger partial charge in [0.05, 0.1) is 5.69 Å². The predicted molar refractivity (Wildman–Crippen MR) is 111 cm³/mol. The van der Waals surface area contributed by atoms with Crippen LogP contribution in [0, 0.1) is 25.6 Å². The van der Waals surface area contributed by atoms with E-state index in [1.807, 2.05) is 26.0 Å². The summed E-state index contributed by atoms with van der Waals surface area (Å²) in [7, 11) is 0. The van der Waals surface area contributed by atoms with Crippen molar-refractivity contribution in [1.29, 1.82) is 0 Å². The van der Waals surface area contributed by atoms with Gasteiger partial charge in [-0.1, -0.05) is 24.2 Å². The molecule has 0 radical (unpaired) electrons. The fourth-order valence-electron chi connectivity index (χ4n) is 4.12. The van der Waals surface area contributed by atoms with Gasteiger partial charge in [-0.15, -0.1) is 0 Å². The normalized spacial score (nSPS) is 17.1. The predicted octanol–water partition coefficient (Wildman–Crippen LogP) is 4.82. The molecule has 3 rings (SSSR count). The van der Waals surface area contributed by atoms with E-state index in [1.165, 1.54) is 31.5 Å². The number of piperidine rings is 1. The number of hydrogen-bond donors (Lipinski definition) is 1. The Morgan fingerprint density at radius 2 is 1.93 bits per heavy atom. The zero-order chi connectivity index (χ0) is 19.9. The van der Waals surface area contributed by atoms with E-state index in [2.05, 4.69) is 22.3 Å². The summed E-state index contributed by atoms with van der Waals surface area (Å²) in [6.45, 7) is 10.8. The maximum absolute atomic E-state index is 13.4. The van der Waals surface area contributed by atoms with Crippen LogP contribution in [0.5, 0.6) is 0 Å². The molecule has 1 N–H and O–H groups in total. The molecule has 4 nitrogen and oxygen atoms in total.